The zero-order valence-electron chi connectivity index (χ0n) is 17.1. The predicted octanol–water partition coefficient (Wildman–Crippen LogP) is 6.73. The zero-order valence-corrected chi connectivity index (χ0v) is 18.6. The van der Waals surface area contributed by atoms with Gasteiger partial charge in [0.15, 0.2) is 0 Å². The highest BCUT2D eigenvalue weighted by Crippen LogP contribution is 2.27. The molecule has 1 N–H and O–H groups in total. The number of nitriles is 1. The molecule has 0 radical (unpaired) electrons. The average Bonchev–Trinajstić information content (AvgIpc) is 2.75. The number of benzene rings is 3. The lowest BCUT2D eigenvalue weighted by molar-refractivity contribution is -0.112. The molecule has 0 spiro atoms. The molecule has 1 amide bonds. The van der Waals surface area contributed by atoms with Crippen LogP contribution in [0.4, 0.5) is 5.69 Å². The van der Waals surface area contributed by atoms with Crippen LogP contribution in [0, 0.1) is 25.2 Å². The normalized spacial score (nSPS) is 11.0. The highest BCUT2D eigenvalue weighted by molar-refractivity contribution is 6.32. The predicted molar refractivity (Wildman–Crippen MR) is 125 cm³/mol. The summed E-state index contributed by atoms with van der Waals surface area (Å²) in [5.41, 5.74) is 4.18. The van der Waals surface area contributed by atoms with Crippen LogP contribution in [-0.2, 0) is 11.4 Å². The van der Waals surface area contributed by atoms with E-state index in [1.807, 2.05) is 44.2 Å². The molecule has 0 aromatic heterocycles. The van der Waals surface area contributed by atoms with Crippen LogP contribution in [0.3, 0.4) is 0 Å². The van der Waals surface area contributed by atoms with Crippen molar-refractivity contribution >= 4 is 40.9 Å². The Balaban J connectivity index is 1.70. The lowest BCUT2D eigenvalue weighted by Gasteiger charge is -2.09. The number of hydrogen-bond donors (Lipinski definition) is 1. The van der Waals surface area contributed by atoms with Crippen LogP contribution in [0.2, 0.25) is 10.0 Å². The van der Waals surface area contributed by atoms with Gasteiger partial charge < -0.3 is 10.1 Å². The van der Waals surface area contributed by atoms with E-state index in [4.69, 9.17) is 27.9 Å². The van der Waals surface area contributed by atoms with Crippen molar-refractivity contribution in [3.8, 4) is 11.8 Å². The largest absolute Gasteiger partial charge is 0.487 e. The molecule has 4 nitrogen and oxygen atoms in total. The number of rotatable bonds is 6. The molecule has 0 heterocycles. The third-order valence-electron chi connectivity index (χ3n) is 4.58. The Morgan fingerprint density at radius 3 is 2.42 bits per heavy atom. The summed E-state index contributed by atoms with van der Waals surface area (Å²) < 4.78 is 5.79. The van der Waals surface area contributed by atoms with E-state index in [0.717, 1.165) is 11.1 Å². The van der Waals surface area contributed by atoms with Gasteiger partial charge in [0.2, 0.25) is 0 Å². The summed E-state index contributed by atoms with van der Waals surface area (Å²) in [5, 5.41) is 13.0. The highest BCUT2D eigenvalue weighted by atomic mass is 35.5. The monoisotopic (exact) mass is 450 g/mol. The number of carbonyl (C=O) groups excluding carboxylic acids is 1. The summed E-state index contributed by atoms with van der Waals surface area (Å²) >= 11 is 12.4. The van der Waals surface area contributed by atoms with Gasteiger partial charge in [-0.15, -0.1) is 0 Å². The minimum atomic E-state index is -0.529. The number of halogens is 2. The summed E-state index contributed by atoms with van der Waals surface area (Å²) in [7, 11) is 0. The van der Waals surface area contributed by atoms with Crippen LogP contribution in [0.25, 0.3) is 6.08 Å². The van der Waals surface area contributed by atoms with Crippen molar-refractivity contribution in [2.75, 3.05) is 5.32 Å². The lowest BCUT2D eigenvalue weighted by Crippen LogP contribution is -2.13. The van der Waals surface area contributed by atoms with Crippen molar-refractivity contribution in [1.29, 1.82) is 5.26 Å². The second kappa shape index (κ2) is 10.2. The fraction of sp³-hybridized carbons (Fsp3) is 0.120. The van der Waals surface area contributed by atoms with E-state index in [0.29, 0.717) is 33.7 Å². The van der Waals surface area contributed by atoms with E-state index in [9.17, 15) is 10.1 Å². The minimum absolute atomic E-state index is 0.0545. The van der Waals surface area contributed by atoms with E-state index < -0.39 is 5.91 Å². The summed E-state index contributed by atoms with van der Waals surface area (Å²) in [4.78, 5) is 12.5. The second-order valence-electron chi connectivity index (χ2n) is 7.05. The van der Waals surface area contributed by atoms with Crippen LogP contribution >= 0.6 is 23.2 Å². The van der Waals surface area contributed by atoms with Crippen LogP contribution < -0.4 is 10.1 Å². The molecule has 3 aromatic carbocycles. The average molecular weight is 451 g/mol. The number of ether oxygens (including phenoxy) is 1. The van der Waals surface area contributed by atoms with Crippen molar-refractivity contribution in [2.45, 2.75) is 20.5 Å². The Morgan fingerprint density at radius 2 is 1.77 bits per heavy atom. The van der Waals surface area contributed by atoms with Gasteiger partial charge in [0.1, 0.15) is 24.0 Å². The standard InChI is InChI=1S/C25H20Cl2N2O2/c1-16-3-6-18(7-4-16)15-31-24-10-8-19(12-23(24)27)11-20(14-28)25(30)29-21-9-5-17(2)22(26)13-21/h3-13H,15H2,1-2H3,(H,29,30)/b20-11+. The summed E-state index contributed by atoms with van der Waals surface area (Å²) in [6.45, 7) is 4.28. The van der Waals surface area contributed by atoms with Gasteiger partial charge in [-0.2, -0.15) is 5.26 Å². The van der Waals surface area contributed by atoms with E-state index in [2.05, 4.69) is 5.32 Å². The number of carbonyl (C=O) groups is 1. The maximum atomic E-state index is 12.5. The zero-order chi connectivity index (χ0) is 22.4. The third kappa shape index (κ3) is 6.11. The maximum absolute atomic E-state index is 12.5. The molecule has 156 valence electrons. The Hall–Kier alpha value is -3.26. The van der Waals surface area contributed by atoms with Gasteiger partial charge in [-0.05, 0) is 60.9 Å². The molecular formula is C25H20Cl2N2O2. The van der Waals surface area contributed by atoms with Crippen molar-refractivity contribution in [3.63, 3.8) is 0 Å². The number of aryl methyl sites for hydroxylation is 2. The van der Waals surface area contributed by atoms with E-state index in [1.54, 1.807) is 36.4 Å². The third-order valence-corrected chi connectivity index (χ3v) is 5.28. The van der Waals surface area contributed by atoms with Crippen molar-refractivity contribution in [1.82, 2.24) is 0 Å². The molecule has 0 unspecified atom stereocenters. The second-order valence-corrected chi connectivity index (χ2v) is 7.87. The Bertz CT molecular complexity index is 1180. The summed E-state index contributed by atoms with van der Waals surface area (Å²) in [6.07, 6.45) is 1.47. The topological polar surface area (TPSA) is 62.1 Å². The Morgan fingerprint density at radius 1 is 1.03 bits per heavy atom. The van der Waals surface area contributed by atoms with Gasteiger partial charge in [-0.25, -0.2) is 0 Å². The molecule has 3 rings (SSSR count). The van der Waals surface area contributed by atoms with E-state index >= 15 is 0 Å². The molecule has 31 heavy (non-hydrogen) atoms. The molecular weight excluding hydrogens is 431 g/mol. The van der Waals surface area contributed by atoms with Crippen LogP contribution in [0.1, 0.15) is 22.3 Å². The molecule has 0 atom stereocenters. The molecule has 0 saturated carbocycles. The Kier molecular flexibility index (Phi) is 7.36. The number of nitrogens with zero attached hydrogens (tertiary/aromatic N) is 1. The van der Waals surface area contributed by atoms with Crippen LogP contribution in [0.5, 0.6) is 5.75 Å². The minimum Gasteiger partial charge on any atom is -0.487 e. The molecule has 3 aromatic rings. The van der Waals surface area contributed by atoms with Gasteiger partial charge in [-0.1, -0.05) is 65.2 Å². The number of anilines is 1. The number of nitrogens with one attached hydrogen (secondary N) is 1. The molecule has 0 aliphatic heterocycles. The van der Waals surface area contributed by atoms with Gasteiger partial charge in [0.25, 0.3) is 5.91 Å². The Labute approximate surface area is 191 Å². The van der Waals surface area contributed by atoms with Gasteiger partial charge in [0, 0.05) is 10.7 Å². The van der Waals surface area contributed by atoms with Crippen molar-refractivity contribution < 1.29 is 9.53 Å². The van der Waals surface area contributed by atoms with E-state index in [-0.39, 0.29) is 5.57 Å². The molecule has 0 aliphatic rings. The van der Waals surface area contributed by atoms with Gasteiger partial charge >= 0.3 is 0 Å². The van der Waals surface area contributed by atoms with E-state index in [1.165, 1.54) is 11.6 Å². The molecule has 0 saturated heterocycles. The first-order valence-electron chi connectivity index (χ1n) is 9.53. The molecule has 0 fully saturated rings. The van der Waals surface area contributed by atoms with Crippen molar-refractivity contribution in [3.05, 3.63) is 98.5 Å². The van der Waals surface area contributed by atoms with Crippen LogP contribution in [0.15, 0.2) is 66.2 Å². The SMILES string of the molecule is Cc1ccc(COc2ccc(/C=C(\C#N)C(=O)Nc3ccc(C)c(Cl)c3)cc2Cl)cc1. The first-order chi connectivity index (χ1) is 14.9. The summed E-state index contributed by atoms with van der Waals surface area (Å²) in [5.74, 6) is -0.00473. The number of amides is 1. The van der Waals surface area contributed by atoms with Gasteiger partial charge in [-0.3, -0.25) is 4.79 Å². The molecule has 0 aliphatic carbocycles. The fourth-order valence-electron chi connectivity index (χ4n) is 2.75. The molecule has 6 heteroatoms. The molecule has 0 bridgehead atoms. The van der Waals surface area contributed by atoms with Crippen molar-refractivity contribution in [2.24, 2.45) is 0 Å². The quantitative estimate of drug-likeness (QED) is 0.334. The van der Waals surface area contributed by atoms with Gasteiger partial charge in [0.05, 0.1) is 5.02 Å². The maximum Gasteiger partial charge on any atom is 0.266 e. The highest BCUT2D eigenvalue weighted by Gasteiger charge is 2.11. The first-order valence-corrected chi connectivity index (χ1v) is 10.3. The lowest BCUT2D eigenvalue weighted by atomic mass is 10.1. The first kappa shape index (κ1) is 22.4. The fourth-order valence-corrected chi connectivity index (χ4v) is 3.18. The van der Waals surface area contributed by atoms with Crippen LogP contribution in [-0.4, -0.2) is 5.91 Å². The number of hydrogen-bond acceptors (Lipinski definition) is 3. The summed E-state index contributed by atoms with van der Waals surface area (Å²) in [6, 6.07) is 20.2. The smallest absolute Gasteiger partial charge is 0.266 e.